The molecule has 1 atom stereocenters. The Morgan fingerprint density at radius 3 is 2.89 bits per heavy atom. The Morgan fingerprint density at radius 2 is 2.19 bits per heavy atom. The summed E-state index contributed by atoms with van der Waals surface area (Å²) in [4.78, 5) is 12.3. The SMILES string of the molecule is CCOC(=O)c1oc2ccc(S(=O)(=O)N3CCC4(CCNC4)C3)cc2c1C. The standard InChI is InChI=1S/C19H24N2O5S/c1-3-25-18(22)17-13(2)15-10-14(4-5-16(15)26-17)27(23,24)21-9-7-19(12-21)6-8-20-11-19/h4-5,10,20H,3,6-9,11-12H2,1-2H3. The Balaban J connectivity index is 1.67. The largest absolute Gasteiger partial charge is 0.460 e. The molecule has 2 aliphatic heterocycles. The molecule has 0 saturated carbocycles. The topological polar surface area (TPSA) is 88.8 Å². The minimum atomic E-state index is -3.58. The molecule has 1 spiro atoms. The number of furan rings is 1. The maximum atomic E-state index is 13.2. The summed E-state index contributed by atoms with van der Waals surface area (Å²) >= 11 is 0. The third kappa shape index (κ3) is 3.05. The number of benzene rings is 1. The number of fused-ring (bicyclic) bond motifs is 1. The second-order valence-electron chi connectivity index (χ2n) is 7.45. The second kappa shape index (κ2) is 6.61. The minimum Gasteiger partial charge on any atom is -0.460 e. The minimum absolute atomic E-state index is 0.0693. The highest BCUT2D eigenvalue weighted by Crippen LogP contribution is 2.39. The van der Waals surface area contributed by atoms with Crippen molar-refractivity contribution in [3.8, 4) is 0 Å². The molecule has 0 amide bonds. The predicted octanol–water partition coefficient (Wildman–Crippen LogP) is 2.29. The summed E-state index contributed by atoms with van der Waals surface area (Å²) < 4.78 is 38.5. The van der Waals surface area contributed by atoms with Gasteiger partial charge in [-0.15, -0.1) is 0 Å². The van der Waals surface area contributed by atoms with E-state index in [1.54, 1.807) is 36.4 Å². The average molecular weight is 392 g/mol. The zero-order valence-electron chi connectivity index (χ0n) is 15.6. The number of sulfonamides is 1. The zero-order valence-corrected chi connectivity index (χ0v) is 16.4. The van der Waals surface area contributed by atoms with Gasteiger partial charge in [-0.3, -0.25) is 0 Å². The molecule has 0 aliphatic carbocycles. The highest BCUT2D eigenvalue weighted by molar-refractivity contribution is 7.89. The third-order valence-electron chi connectivity index (χ3n) is 5.74. The fourth-order valence-electron chi connectivity index (χ4n) is 4.14. The number of aryl methyl sites for hydroxylation is 1. The molecule has 27 heavy (non-hydrogen) atoms. The van der Waals surface area contributed by atoms with Crippen LogP contribution < -0.4 is 5.32 Å². The fraction of sp³-hybridized carbons (Fsp3) is 0.526. The van der Waals surface area contributed by atoms with Crippen molar-refractivity contribution in [1.29, 1.82) is 0 Å². The smallest absolute Gasteiger partial charge is 0.374 e. The first-order chi connectivity index (χ1) is 12.9. The van der Waals surface area contributed by atoms with E-state index in [-0.39, 0.29) is 22.7 Å². The summed E-state index contributed by atoms with van der Waals surface area (Å²) in [7, 11) is -3.58. The summed E-state index contributed by atoms with van der Waals surface area (Å²) in [6, 6.07) is 4.76. The molecule has 1 aromatic carbocycles. The van der Waals surface area contributed by atoms with E-state index in [1.165, 1.54) is 0 Å². The van der Waals surface area contributed by atoms with Crippen LogP contribution in [0.1, 0.15) is 35.9 Å². The zero-order chi connectivity index (χ0) is 19.2. The summed E-state index contributed by atoms with van der Waals surface area (Å²) in [6.07, 6.45) is 1.90. The number of esters is 1. The lowest BCUT2D eigenvalue weighted by molar-refractivity contribution is 0.0491. The predicted molar refractivity (Wildman–Crippen MR) is 100 cm³/mol. The number of rotatable bonds is 4. The first-order valence-corrected chi connectivity index (χ1v) is 10.7. The number of hydrogen-bond acceptors (Lipinski definition) is 6. The van der Waals surface area contributed by atoms with E-state index in [1.807, 2.05) is 0 Å². The number of hydrogen-bond donors (Lipinski definition) is 1. The quantitative estimate of drug-likeness (QED) is 0.803. The molecule has 3 heterocycles. The van der Waals surface area contributed by atoms with Gasteiger partial charge >= 0.3 is 5.97 Å². The highest BCUT2D eigenvalue weighted by atomic mass is 32.2. The molecular weight excluding hydrogens is 368 g/mol. The van der Waals surface area contributed by atoms with Crippen LogP contribution in [-0.4, -0.2) is 51.5 Å². The number of carbonyl (C=O) groups is 1. The van der Waals surface area contributed by atoms with E-state index in [9.17, 15) is 13.2 Å². The number of nitrogens with zero attached hydrogens (tertiary/aromatic N) is 1. The van der Waals surface area contributed by atoms with Gasteiger partial charge in [-0.05, 0) is 56.8 Å². The lowest BCUT2D eigenvalue weighted by Crippen LogP contribution is -2.33. The lowest BCUT2D eigenvalue weighted by atomic mass is 9.87. The molecule has 1 N–H and O–H groups in total. The summed E-state index contributed by atoms with van der Waals surface area (Å²) in [5.74, 6) is -0.413. The molecule has 1 unspecified atom stereocenters. The average Bonchev–Trinajstić information content (AvgIpc) is 3.36. The number of ether oxygens (including phenoxy) is 1. The molecule has 2 aliphatic rings. The Morgan fingerprint density at radius 1 is 1.37 bits per heavy atom. The normalized spacial score (nSPS) is 23.5. The van der Waals surface area contributed by atoms with Gasteiger partial charge in [-0.2, -0.15) is 4.31 Å². The first-order valence-electron chi connectivity index (χ1n) is 9.27. The van der Waals surface area contributed by atoms with Crippen molar-refractivity contribution in [2.24, 2.45) is 5.41 Å². The highest BCUT2D eigenvalue weighted by Gasteiger charge is 2.44. The molecular formula is C19H24N2O5S. The van der Waals surface area contributed by atoms with Gasteiger partial charge < -0.3 is 14.5 Å². The molecule has 8 heteroatoms. The van der Waals surface area contributed by atoms with Crippen LogP contribution in [0.4, 0.5) is 0 Å². The van der Waals surface area contributed by atoms with Crippen molar-refractivity contribution in [3.63, 3.8) is 0 Å². The molecule has 2 saturated heterocycles. The van der Waals surface area contributed by atoms with Crippen molar-refractivity contribution in [1.82, 2.24) is 9.62 Å². The number of carbonyl (C=O) groups excluding carboxylic acids is 1. The van der Waals surface area contributed by atoms with Gasteiger partial charge in [0.05, 0.1) is 11.5 Å². The Labute approximate surface area is 158 Å². The van der Waals surface area contributed by atoms with Crippen molar-refractivity contribution in [2.45, 2.75) is 31.6 Å². The van der Waals surface area contributed by atoms with Crippen molar-refractivity contribution in [3.05, 3.63) is 29.5 Å². The first kappa shape index (κ1) is 18.5. The van der Waals surface area contributed by atoms with Crippen LogP contribution in [0.25, 0.3) is 11.0 Å². The number of nitrogens with one attached hydrogen (secondary N) is 1. The Hall–Kier alpha value is -1.90. The lowest BCUT2D eigenvalue weighted by Gasteiger charge is -2.22. The summed E-state index contributed by atoms with van der Waals surface area (Å²) in [6.45, 7) is 6.64. The summed E-state index contributed by atoms with van der Waals surface area (Å²) in [5.41, 5.74) is 1.14. The van der Waals surface area contributed by atoms with Gasteiger partial charge in [-0.25, -0.2) is 13.2 Å². The van der Waals surface area contributed by atoms with E-state index in [2.05, 4.69) is 5.32 Å². The van der Waals surface area contributed by atoms with Gasteiger partial charge in [0, 0.05) is 30.6 Å². The van der Waals surface area contributed by atoms with Crippen LogP contribution in [0.3, 0.4) is 0 Å². The maximum absolute atomic E-state index is 13.2. The second-order valence-corrected chi connectivity index (χ2v) is 9.39. The van der Waals surface area contributed by atoms with Gasteiger partial charge in [-0.1, -0.05) is 0 Å². The Kier molecular flexibility index (Phi) is 4.52. The molecule has 0 radical (unpaired) electrons. The van der Waals surface area contributed by atoms with Crippen LogP contribution in [0.15, 0.2) is 27.5 Å². The fourth-order valence-corrected chi connectivity index (χ4v) is 5.72. The van der Waals surface area contributed by atoms with Crippen LogP contribution in [0, 0.1) is 12.3 Å². The molecule has 0 bridgehead atoms. The molecule has 4 rings (SSSR count). The van der Waals surface area contributed by atoms with E-state index >= 15 is 0 Å². The van der Waals surface area contributed by atoms with E-state index in [0.29, 0.717) is 29.6 Å². The van der Waals surface area contributed by atoms with Crippen LogP contribution in [-0.2, 0) is 14.8 Å². The van der Waals surface area contributed by atoms with Crippen molar-refractivity contribution < 1.29 is 22.4 Å². The maximum Gasteiger partial charge on any atom is 0.374 e. The van der Waals surface area contributed by atoms with Crippen LogP contribution in [0.2, 0.25) is 0 Å². The van der Waals surface area contributed by atoms with Crippen LogP contribution >= 0.6 is 0 Å². The van der Waals surface area contributed by atoms with E-state index < -0.39 is 16.0 Å². The molecule has 1 aromatic heterocycles. The summed E-state index contributed by atoms with van der Waals surface area (Å²) in [5, 5.41) is 3.97. The van der Waals surface area contributed by atoms with Crippen LogP contribution in [0.5, 0.6) is 0 Å². The molecule has 146 valence electrons. The van der Waals surface area contributed by atoms with Gasteiger partial charge in [0.1, 0.15) is 5.58 Å². The van der Waals surface area contributed by atoms with Gasteiger partial charge in [0.25, 0.3) is 0 Å². The van der Waals surface area contributed by atoms with E-state index in [0.717, 1.165) is 25.9 Å². The Bertz CT molecular complexity index is 989. The molecule has 7 nitrogen and oxygen atoms in total. The van der Waals surface area contributed by atoms with Crippen molar-refractivity contribution >= 4 is 27.0 Å². The third-order valence-corrected chi connectivity index (χ3v) is 7.58. The van der Waals surface area contributed by atoms with E-state index in [4.69, 9.17) is 9.15 Å². The monoisotopic (exact) mass is 392 g/mol. The van der Waals surface area contributed by atoms with Gasteiger partial charge in [0.2, 0.25) is 15.8 Å². The molecule has 2 aromatic rings. The van der Waals surface area contributed by atoms with Crippen molar-refractivity contribution in [2.75, 3.05) is 32.8 Å². The molecule has 2 fully saturated rings. The van der Waals surface area contributed by atoms with Gasteiger partial charge in [0.15, 0.2) is 0 Å².